The number of nitrogens with zero attached hydrogens (tertiary/aromatic N) is 1. The Kier molecular flexibility index (Phi) is 4.20. The highest BCUT2D eigenvalue weighted by Gasteiger charge is 2.23. The summed E-state index contributed by atoms with van der Waals surface area (Å²) in [7, 11) is -2.30. The van der Waals surface area contributed by atoms with Crippen molar-refractivity contribution in [1.82, 2.24) is 0 Å². The predicted octanol–water partition coefficient (Wildman–Crippen LogP) is 2.79. The van der Waals surface area contributed by atoms with E-state index in [9.17, 15) is 8.42 Å². The first-order chi connectivity index (χ1) is 9.98. The quantitative estimate of drug-likeness (QED) is 0.644. The van der Waals surface area contributed by atoms with Crippen molar-refractivity contribution in [2.75, 3.05) is 11.4 Å². The number of rotatable bonds is 4. The molecule has 2 aromatic carbocycles. The fourth-order valence-electron chi connectivity index (χ4n) is 1.84. The van der Waals surface area contributed by atoms with E-state index in [4.69, 9.17) is 11.2 Å². The van der Waals surface area contributed by atoms with Crippen molar-refractivity contribution in [2.24, 2.45) is 0 Å². The molecule has 0 saturated carbocycles. The van der Waals surface area contributed by atoms with E-state index in [-0.39, 0.29) is 4.90 Å². The molecule has 4 nitrogen and oxygen atoms in total. The molecule has 0 atom stereocenters. The maximum atomic E-state index is 12.6. The third kappa shape index (κ3) is 3.01. The number of benzene rings is 2. The van der Waals surface area contributed by atoms with Gasteiger partial charge in [0.15, 0.2) is 0 Å². The average molecular weight is 301 g/mol. The van der Waals surface area contributed by atoms with Gasteiger partial charge in [0.1, 0.15) is 5.75 Å². The van der Waals surface area contributed by atoms with Gasteiger partial charge in [-0.25, -0.2) is 8.42 Å². The molecule has 0 N–H and O–H groups in total. The third-order valence-corrected chi connectivity index (χ3v) is 4.63. The second-order valence-corrected chi connectivity index (χ2v) is 6.20. The van der Waals surface area contributed by atoms with Gasteiger partial charge in [-0.1, -0.05) is 30.2 Å². The van der Waals surface area contributed by atoms with E-state index >= 15 is 0 Å². The lowest BCUT2D eigenvalue weighted by Gasteiger charge is -2.18. The van der Waals surface area contributed by atoms with Crippen LogP contribution in [-0.4, -0.2) is 15.5 Å². The third-order valence-electron chi connectivity index (χ3n) is 2.96. The Morgan fingerprint density at radius 1 is 1.14 bits per heavy atom. The van der Waals surface area contributed by atoms with Gasteiger partial charge in [0.25, 0.3) is 10.0 Å². The summed E-state index contributed by atoms with van der Waals surface area (Å²) >= 11 is 0. The predicted molar refractivity (Wildman–Crippen MR) is 82.7 cm³/mol. The lowest BCUT2D eigenvalue weighted by atomic mass is 10.2. The Bertz CT molecular complexity index is 774. The first-order valence-corrected chi connectivity index (χ1v) is 7.65. The van der Waals surface area contributed by atoms with E-state index in [1.165, 1.54) is 19.2 Å². The maximum Gasteiger partial charge on any atom is 0.275 e. The van der Waals surface area contributed by atoms with Crippen LogP contribution in [0.4, 0.5) is 5.69 Å². The van der Waals surface area contributed by atoms with Crippen molar-refractivity contribution in [2.45, 2.75) is 11.8 Å². The van der Waals surface area contributed by atoms with Crippen LogP contribution in [0.15, 0.2) is 53.4 Å². The lowest BCUT2D eigenvalue weighted by molar-refractivity contribution is 0.415. The number of ether oxygens (including phenoxy) is 1. The highest BCUT2D eigenvalue weighted by Crippen LogP contribution is 2.26. The molecule has 2 rings (SSSR count). The van der Waals surface area contributed by atoms with E-state index in [0.29, 0.717) is 11.4 Å². The van der Waals surface area contributed by atoms with Crippen molar-refractivity contribution in [3.05, 3.63) is 54.1 Å². The van der Waals surface area contributed by atoms with Gasteiger partial charge in [-0.15, -0.1) is 0 Å². The molecule has 0 amide bonds. The molecule has 0 aromatic heterocycles. The second kappa shape index (κ2) is 5.90. The summed E-state index contributed by atoms with van der Waals surface area (Å²) in [5, 5.41) is 0. The summed E-state index contributed by atoms with van der Waals surface area (Å²) in [6.07, 6.45) is 5.41. The lowest BCUT2D eigenvalue weighted by Crippen LogP contribution is -2.26. The number of anilines is 1. The first-order valence-electron chi connectivity index (χ1n) is 6.21. The van der Waals surface area contributed by atoms with Crippen LogP contribution in [0.1, 0.15) is 5.56 Å². The largest absolute Gasteiger partial charge is 0.497 e. The van der Waals surface area contributed by atoms with Gasteiger partial charge in [-0.2, -0.15) is 4.31 Å². The summed E-state index contributed by atoms with van der Waals surface area (Å²) in [6.45, 7) is 1.89. The minimum absolute atomic E-state index is 0.147. The van der Waals surface area contributed by atoms with Crippen LogP contribution in [0.5, 0.6) is 5.75 Å². The van der Waals surface area contributed by atoms with Gasteiger partial charge in [0.05, 0.1) is 17.7 Å². The number of hydrogen-bond donors (Lipinski definition) is 0. The van der Waals surface area contributed by atoms with Crippen molar-refractivity contribution in [3.8, 4) is 18.2 Å². The summed E-state index contributed by atoms with van der Waals surface area (Å²) in [4.78, 5) is 0.147. The zero-order chi connectivity index (χ0) is 15.5. The summed E-state index contributed by atoms with van der Waals surface area (Å²) < 4.78 is 31.2. The van der Waals surface area contributed by atoms with E-state index in [1.807, 2.05) is 6.92 Å². The van der Waals surface area contributed by atoms with Crippen molar-refractivity contribution in [3.63, 3.8) is 0 Å². The molecule has 0 aliphatic rings. The molecule has 0 aliphatic carbocycles. The average Bonchev–Trinajstić information content (AvgIpc) is 2.48. The Morgan fingerprint density at radius 3 is 2.38 bits per heavy atom. The van der Waals surface area contributed by atoms with Crippen LogP contribution in [0, 0.1) is 19.4 Å². The Balaban J connectivity index is 2.49. The summed E-state index contributed by atoms with van der Waals surface area (Å²) in [5.41, 5.74) is 1.33. The number of aryl methyl sites for hydroxylation is 1. The number of sulfonamides is 1. The molecule has 108 valence electrons. The fourth-order valence-corrected chi connectivity index (χ4v) is 3.06. The SMILES string of the molecule is C#CN(c1cccc(OC)c1)S(=O)(=O)c1ccc(C)cc1. The monoisotopic (exact) mass is 301 g/mol. The number of terminal acetylenes is 1. The van der Waals surface area contributed by atoms with Gasteiger partial charge in [0.2, 0.25) is 0 Å². The van der Waals surface area contributed by atoms with Crippen LogP contribution >= 0.6 is 0 Å². The van der Waals surface area contributed by atoms with E-state index in [2.05, 4.69) is 6.04 Å². The number of methoxy groups -OCH3 is 1. The van der Waals surface area contributed by atoms with Gasteiger partial charge in [-0.3, -0.25) is 0 Å². The Morgan fingerprint density at radius 2 is 1.81 bits per heavy atom. The topological polar surface area (TPSA) is 46.6 Å². The van der Waals surface area contributed by atoms with Gasteiger partial charge >= 0.3 is 0 Å². The molecule has 0 heterocycles. The van der Waals surface area contributed by atoms with Crippen LogP contribution in [0.2, 0.25) is 0 Å². The normalized spacial score (nSPS) is 10.7. The molecule has 0 aliphatic heterocycles. The zero-order valence-corrected chi connectivity index (χ0v) is 12.6. The molecule has 2 aromatic rings. The van der Waals surface area contributed by atoms with Crippen LogP contribution in [-0.2, 0) is 10.0 Å². The van der Waals surface area contributed by atoms with E-state index in [0.717, 1.165) is 9.87 Å². The second-order valence-electron chi connectivity index (χ2n) is 4.41. The van der Waals surface area contributed by atoms with Gasteiger partial charge in [0, 0.05) is 12.1 Å². The highest BCUT2D eigenvalue weighted by molar-refractivity contribution is 7.93. The van der Waals surface area contributed by atoms with Gasteiger partial charge in [-0.05, 0) is 31.2 Å². The maximum absolute atomic E-state index is 12.6. The molecular weight excluding hydrogens is 286 g/mol. The standard InChI is InChI=1S/C16H15NO3S/c1-4-17(14-6-5-7-15(12-14)20-3)21(18,19)16-10-8-13(2)9-11-16/h1,5-12H,2-3H3. The zero-order valence-electron chi connectivity index (χ0n) is 11.8. The molecule has 0 fully saturated rings. The van der Waals surface area contributed by atoms with E-state index < -0.39 is 10.0 Å². The minimum Gasteiger partial charge on any atom is -0.497 e. The highest BCUT2D eigenvalue weighted by atomic mass is 32.2. The van der Waals surface area contributed by atoms with Crippen LogP contribution in [0.3, 0.4) is 0 Å². The Hall–Kier alpha value is -2.45. The van der Waals surface area contributed by atoms with Crippen molar-refractivity contribution in [1.29, 1.82) is 0 Å². The number of hydrogen-bond acceptors (Lipinski definition) is 3. The smallest absolute Gasteiger partial charge is 0.275 e. The van der Waals surface area contributed by atoms with E-state index in [1.54, 1.807) is 36.4 Å². The molecular formula is C16H15NO3S. The summed E-state index contributed by atoms with van der Waals surface area (Å²) in [5.74, 6) is 0.534. The molecule has 21 heavy (non-hydrogen) atoms. The van der Waals surface area contributed by atoms with Crippen molar-refractivity contribution < 1.29 is 13.2 Å². The Labute approximate surface area is 125 Å². The van der Waals surface area contributed by atoms with Crippen molar-refractivity contribution >= 4 is 15.7 Å². The fraction of sp³-hybridized carbons (Fsp3) is 0.125. The van der Waals surface area contributed by atoms with Gasteiger partial charge < -0.3 is 4.74 Å². The molecule has 0 spiro atoms. The molecule has 0 saturated heterocycles. The first kappa shape index (κ1) is 14.9. The van der Waals surface area contributed by atoms with Crippen LogP contribution < -0.4 is 9.04 Å². The van der Waals surface area contributed by atoms with Crippen LogP contribution in [0.25, 0.3) is 0 Å². The molecule has 0 unspecified atom stereocenters. The summed E-state index contributed by atoms with van der Waals surface area (Å²) in [6, 6.07) is 15.3. The minimum atomic E-state index is -3.80. The molecule has 0 radical (unpaired) electrons. The molecule has 5 heteroatoms. The molecule has 0 bridgehead atoms.